The molecule has 3 amide bonds. The molecule has 4 heteroatoms. The molecule has 0 aliphatic rings. The summed E-state index contributed by atoms with van der Waals surface area (Å²) >= 11 is 0. The quantitative estimate of drug-likeness (QED) is 0.810. The molecule has 0 atom stereocenters. The van der Waals surface area contributed by atoms with E-state index in [0.29, 0.717) is 12.1 Å². The van der Waals surface area contributed by atoms with E-state index in [1.54, 1.807) is 6.07 Å². The lowest BCUT2D eigenvalue weighted by atomic mass is 10.1. The molecule has 0 unspecified atom stereocenters. The van der Waals surface area contributed by atoms with Gasteiger partial charge in [-0.1, -0.05) is 42.5 Å². The number of nitrogens with one attached hydrogen (secondary N) is 2. The van der Waals surface area contributed by atoms with E-state index >= 15 is 0 Å². The lowest BCUT2D eigenvalue weighted by molar-refractivity contribution is -0.108. The molecule has 0 aliphatic heterocycles. The molecule has 2 rings (SSSR count). The molecule has 90 valence electrons. The van der Waals surface area contributed by atoms with Gasteiger partial charge >= 0.3 is 6.03 Å². The molecular formula is C14H12N2O2. The normalized spacial score (nSPS) is 9.56. The van der Waals surface area contributed by atoms with E-state index in [0.717, 1.165) is 11.1 Å². The number of imide groups is 1. The second kappa shape index (κ2) is 5.63. The van der Waals surface area contributed by atoms with Gasteiger partial charge in [0, 0.05) is 5.69 Å². The molecule has 0 spiro atoms. The van der Waals surface area contributed by atoms with Crippen LogP contribution in [0.25, 0.3) is 11.1 Å². The highest BCUT2D eigenvalue weighted by molar-refractivity contribution is 5.95. The maximum atomic E-state index is 11.2. The number of carbonyl (C=O) groups excluding carboxylic acids is 2. The molecule has 0 bridgehead atoms. The van der Waals surface area contributed by atoms with Crippen LogP contribution < -0.4 is 10.6 Å². The fourth-order valence-electron chi connectivity index (χ4n) is 1.63. The van der Waals surface area contributed by atoms with E-state index in [4.69, 9.17) is 0 Å². The Bertz CT molecular complexity index is 553. The van der Waals surface area contributed by atoms with Crippen LogP contribution >= 0.6 is 0 Å². The van der Waals surface area contributed by atoms with Gasteiger partial charge in [0.1, 0.15) is 0 Å². The average Bonchev–Trinajstić information content (AvgIpc) is 2.40. The molecule has 2 aromatic carbocycles. The molecule has 0 saturated heterocycles. The SMILES string of the molecule is O=CNC(=O)Nc1cccc(-c2ccccc2)c1. The third-order valence-corrected chi connectivity index (χ3v) is 2.42. The first-order valence-electron chi connectivity index (χ1n) is 5.46. The first-order valence-corrected chi connectivity index (χ1v) is 5.46. The van der Waals surface area contributed by atoms with E-state index in [-0.39, 0.29) is 0 Å². The average molecular weight is 240 g/mol. The third kappa shape index (κ3) is 2.95. The number of hydrogen-bond acceptors (Lipinski definition) is 2. The lowest BCUT2D eigenvalue weighted by Gasteiger charge is -2.06. The minimum absolute atomic E-state index is 0.344. The Morgan fingerprint density at radius 3 is 2.39 bits per heavy atom. The summed E-state index contributed by atoms with van der Waals surface area (Å²) in [5, 5.41) is 4.59. The van der Waals surface area contributed by atoms with Gasteiger partial charge in [-0.15, -0.1) is 0 Å². The molecule has 0 radical (unpaired) electrons. The van der Waals surface area contributed by atoms with Crippen LogP contribution in [0.3, 0.4) is 0 Å². The number of rotatable bonds is 3. The Balaban J connectivity index is 2.20. The van der Waals surface area contributed by atoms with Crippen molar-refractivity contribution >= 4 is 18.1 Å². The fraction of sp³-hybridized carbons (Fsp3) is 0. The van der Waals surface area contributed by atoms with Crippen molar-refractivity contribution in [2.24, 2.45) is 0 Å². The van der Waals surface area contributed by atoms with Crippen molar-refractivity contribution in [3.63, 3.8) is 0 Å². The lowest BCUT2D eigenvalue weighted by Crippen LogP contribution is -2.27. The highest BCUT2D eigenvalue weighted by Gasteiger charge is 2.02. The van der Waals surface area contributed by atoms with Crippen LogP contribution in [0, 0.1) is 0 Å². The second-order valence-electron chi connectivity index (χ2n) is 3.66. The number of benzene rings is 2. The van der Waals surface area contributed by atoms with Gasteiger partial charge in [0.25, 0.3) is 0 Å². The third-order valence-electron chi connectivity index (χ3n) is 2.42. The maximum absolute atomic E-state index is 11.2. The number of anilines is 1. The van der Waals surface area contributed by atoms with Crippen molar-refractivity contribution in [2.75, 3.05) is 5.32 Å². The summed E-state index contributed by atoms with van der Waals surface area (Å²) in [6, 6.07) is 16.7. The van der Waals surface area contributed by atoms with Gasteiger partial charge in [0.05, 0.1) is 0 Å². The van der Waals surface area contributed by atoms with Crippen molar-refractivity contribution < 1.29 is 9.59 Å². The van der Waals surface area contributed by atoms with Crippen LogP contribution in [-0.4, -0.2) is 12.4 Å². The summed E-state index contributed by atoms with van der Waals surface area (Å²) in [6.45, 7) is 0. The van der Waals surface area contributed by atoms with E-state index in [1.807, 2.05) is 53.8 Å². The van der Waals surface area contributed by atoms with Gasteiger partial charge in [-0.05, 0) is 23.3 Å². The van der Waals surface area contributed by atoms with Gasteiger partial charge in [-0.3, -0.25) is 10.1 Å². The van der Waals surface area contributed by atoms with Crippen LogP contribution in [0.5, 0.6) is 0 Å². The predicted octanol–water partition coefficient (Wildman–Crippen LogP) is 2.63. The van der Waals surface area contributed by atoms with Crippen molar-refractivity contribution in [1.82, 2.24) is 5.32 Å². The molecule has 0 fully saturated rings. The largest absolute Gasteiger partial charge is 0.325 e. The van der Waals surface area contributed by atoms with Crippen LogP contribution in [0.2, 0.25) is 0 Å². The van der Waals surface area contributed by atoms with Gasteiger partial charge < -0.3 is 5.32 Å². The van der Waals surface area contributed by atoms with Crippen molar-refractivity contribution in [2.45, 2.75) is 0 Å². The van der Waals surface area contributed by atoms with E-state index in [2.05, 4.69) is 5.32 Å². The molecule has 0 aromatic heterocycles. The van der Waals surface area contributed by atoms with Gasteiger partial charge in [0.2, 0.25) is 6.41 Å². The molecule has 2 aromatic rings. The summed E-state index contributed by atoms with van der Waals surface area (Å²) in [4.78, 5) is 21.3. The Labute approximate surface area is 105 Å². The van der Waals surface area contributed by atoms with E-state index < -0.39 is 6.03 Å². The zero-order valence-electron chi connectivity index (χ0n) is 9.59. The van der Waals surface area contributed by atoms with Gasteiger partial charge in [-0.2, -0.15) is 0 Å². The fourth-order valence-corrected chi connectivity index (χ4v) is 1.63. The number of urea groups is 1. The highest BCUT2D eigenvalue weighted by Crippen LogP contribution is 2.22. The Hall–Kier alpha value is -2.62. The highest BCUT2D eigenvalue weighted by atomic mass is 16.2. The molecule has 18 heavy (non-hydrogen) atoms. The predicted molar refractivity (Wildman–Crippen MR) is 70.1 cm³/mol. The molecule has 0 saturated carbocycles. The van der Waals surface area contributed by atoms with E-state index in [1.165, 1.54) is 0 Å². The smallest absolute Gasteiger partial charge is 0.308 e. The van der Waals surface area contributed by atoms with Crippen LogP contribution in [-0.2, 0) is 4.79 Å². The first-order chi connectivity index (χ1) is 8.79. The van der Waals surface area contributed by atoms with Crippen LogP contribution in [0.1, 0.15) is 0 Å². The Morgan fingerprint density at radius 2 is 1.67 bits per heavy atom. The summed E-state index contributed by atoms with van der Waals surface area (Å²) < 4.78 is 0. The Kier molecular flexibility index (Phi) is 3.71. The first kappa shape index (κ1) is 11.9. The summed E-state index contributed by atoms with van der Waals surface area (Å²) in [6.07, 6.45) is 0.344. The second-order valence-corrected chi connectivity index (χ2v) is 3.66. The van der Waals surface area contributed by atoms with Crippen molar-refractivity contribution in [3.05, 3.63) is 54.6 Å². The van der Waals surface area contributed by atoms with Crippen LogP contribution in [0.15, 0.2) is 54.6 Å². The molecule has 0 aliphatic carbocycles. The number of amides is 3. The standard InChI is InChI=1S/C14H12N2O2/c17-10-15-14(18)16-13-8-4-7-12(9-13)11-5-2-1-3-6-11/h1-10H,(H2,15,16,17,18). The Morgan fingerprint density at radius 1 is 0.944 bits per heavy atom. The summed E-state index contributed by atoms with van der Waals surface area (Å²) in [5.41, 5.74) is 2.70. The molecule has 2 N–H and O–H groups in total. The maximum Gasteiger partial charge on any atom is 0.325 e. The summed E-state index contributed by atoms with van der Waals surface area (Å²) in [7, 11) is 0. The molecular weight excluding hydrogens is 228 g/mol. The van der Waals surface area contributed by atoms with Gasteiger partial charge in [0.15, 0.2) is 0 Å². The summed E-state index contributed by atoms with van der Waals surface area (Å²) in [5.74, 6) is 0. The molecule has 4 nitrogen and oxygen atoms in total. The van der Waals surface area contributed by atoms with Crippen molar-refractivity contribution in [1.29, 1.82) is 0 Å². The zero-order chi connectivity index (χ0) is 12.8. The molecule has 0 heterocycles. The number of carbonyl (C=O) groups is 2. The van der Waals surface area contributed by atoms with E-state index in [9.17, 15) is 9.59 Å². The minimum atomic E-state index is -0.546. The van der Waals surface area contributed by atoms with Crippen molar-refractivity contribution in [3.8, 4) is 11.1 Å². The zero-order valence-corrected chi connectivity index (χ0v) is 9.59. The number of hydrogen-bond donors (Lipinski definition) is 2. The monoisotopic (exact) mass is 240 g/mol. The van der Waals surface area contributed by atoms with Gasteiger partial charge in [-0.25, -0.2) is 4.79 Å². The topological polar surface area (TPSA) is 58.2 Å². The van der Waals surface area contributed by atoms with Crippen LogP contribution in [0.4, 0.5) is 10.5 Å². The minimum Gasteiger partial charge on any atom is -0.308 e.